The van der Waals surface area contributed by atoms with E-state index in [1.54, 1.807) is 6.92 Å². The molecule has 0 saturated heterocycles. The van der Waals surface area contributed by atoms with Gasteiger partial charge in [0.25, 0.3) is 5.91 Å². The van der Waals surface area contributed by atoms with Crippen LogP contribution in [-0.2, 0) is 6.42 Å². The smallest absolute Gasteiger partial charge is 0.252 e. The van der Waals surface area contributed by atoms with Gasteiger partial charge in [0.1, 0.15) is 5.82 Å². The van der Waals surface area contributed by atoms with E-state index in [1.807, 2.05) is 30.3 Å². The van der Waals surface area contributed by atoms with Gasteiger partial charge in [-0.1, -0.05) is 30.3 Å². The number of aliphatic hydroxyl groups excluding tert-OH is 1. The van der Waals surface area contributed by atoms with Gasteiger partial charge < -0.3 is 10.4 Å². The van der Waals surface area contributed by atoms with Crippen LogP contribution in [0.3, 0.4) is 0 Å². The average molecular weight is 366 g/mol. The summed E-state index contributed by atoms with van der Waals surface area (Å²) in [6.45, 7) is 1.72. The molecular weight excluding hydrogens is 349 g/mol. The molecule has 116 valence electrons. The first-order valence-electron chi connectivity index (χ1n) is 6.95. The fraction of sp³-hybridized carbons (Fsp3) is 0.235. The molecule has 0 fully saturated rings. The number of carbonyl (C=O) groups excluding carboxylic acids is 1. The van der Waals surface area contributed by atoms with Gasteiger partial charge in [-0.25, -0.2) is 4.39 Å². The predicted molar refractivity (Wildman–Crippen MR) is 87.2 cm³/mol. The third-order valence-corrected chi connectivity index (χ3v) is 4.09. The maximum atomic E-state index is 13.2. The molecule has 2 aromatic rings. The van der Waals surface area contributed by atoms with Crippen LogP contribution < -0.4 is 5.32 Å². The fourth-order valence-corrected chi connectivity index (χ4v) is 2.51. The topological polar surface area (TPSA) is 49.3 Å². The second kappa shape index (κ2) is 7.51. The van der Waals surface area contributed by atoms with Gasteiger partial charge in [0.15, 0.2) is 0 Å². The number of halogens is 2. The molecule has 2 rings (SSSR count). The first kappa shape index (κ1) is 16.6. The minimum Gasteiger partial charge on any atom is -0.391 e. The van der Waals surface area contributed by atoms with Crippen molar-refractivity contribution in [2.24, 2.45) is 0 Å². The minimum absolute atomic E-state index is 0.207. The largest absolute Gasteiger partial charge is 0.391 e. The van der Waals surface area contributed by atoms with Crippen molar-refractivity contribution in [3.63, 3.8) is 0 Å². The zero-order valence-electron chi connectivity index (χ0n) is 12.1. The molecule has 5 heteroatoms. The summed E-state index contributed by atoms with van der Waals surface area (Å²) in [6, 6.07) is 13.0. The third kappa shape index (κ3) is 4.39. The van der Waals surface area contributed by atoms with Crippen LogP contribution in [0.2, 0.25) is 0 Å². The Bertz CT molecular complexity index is 648. The van der Waals surface area contributed by atoms with Gasteiger partial charge in [-0.15, -0.1) is 0 Å². The Balaban J connectivity index is 2.00. The standard InChI is InChI=1S/C17H17BrFNO2/c1-11(16(21)9-12-5-3-2-4-6-12)20-17(22)14-10-13(19)7-8-15(14)18/h2-8,10-11,16,21H,9H2,1H3,(H,20,22)/t11-,16-/m1/s1. The maximum Gasteiger partial charge on any atom is 0.252 e. The summed E-state index contributed by atoms with van der Waals surface area (Å²) in [6.07, 6.45) is -0.286. The molecule has 0 aliphatic heterocycles. The first-order valence-corrected chi connectivity index (χ1v) is 7.74. The highest BCUT2D eigenvalue weighted by Crippen LogP contribution is 2.18. The summed E-state index contributed by atoms with van der Waals surface area (Å²) in [5.74, 6) is -0.906. The van der Waals surface area contributed by atoms with Crippen LogP contribution in [0, 0.1) is 5.82 Å². The van der Waals surface area contributed by atoms with Gasteiger partial charge in [0, 0.05) is 10.9 Å². The molecule has 0 aliphatic rings. The van der Waals surface area contributed by atoms with E-state index in [-0.39, 0.29) is 5.56 Å². The molecule has 0 saturated carbocycles. The average Bonchev–Trinajstić information content (AvgIpc) is 2.50. The molecule has 0 aromatic heterocycles. The van der Waals surface area contributed by atoms with Crippen molar-refractivity contribution < 1.29 is 14.3 Å². The van der Waals surface area contributed by atoms with Crippen molar-refractivity contribution in [1.29, 1.82) is 0 Å². The second-order valence-corrected chi connectivity index (χ2v) is 6.00. The highest BCUT2D eigenvalue weighted by molar-refractivity contribution is 9.10. The lowest BCUT2D eigenvalue weighted by Gasteiger charge is -2.20. The number of hydrogen-bond acceptors (Lipinski definition) is 2. The normalized spacial score (nSPS) is 13.5. The zero-order chi connectivity index (χ0) is 16.1. The molecule has 0 spiro atoms. The summed E-state index contributed by atoms with van der Waals surface area (Å²) in [5.41, 5.74) is 1.20. The molecule has 0 aliphatic carbocycles. The lowest BCUT2D eigenvalue weighted by atomic mass is 10.0. The number of benzene rings is 2. The van der Waals surface area contributed by atoms with E-state index < -0.39 is 23.9 Å². The van der Waals surface area contributed by atoms with Gasteiger partial charge >= 0.3 is 0 Å². The van der Waals surface area contributed by atoms with E-state index in [9.17, 15) is 14.3 Å². The number of hydrogen-bond donors (Lipinski definition) is 2. The zero-order valence-corrected chi connectivity index (χ0v) is 13.7. The van der Waals surface area contributed by atoms with E-state index in [2.05, 4.69) is 21.2 Å². The van der Waals surface area contributed by atoms with Crippen molar-refractivity contribution in [3.05, 3.63) is 69.9 Å². The van der Waals surface area contributed by atoms with Crippen molar-refractivity contribution in [2.45, 2.75) is 25.5 Å². The van der Waals surface area contributed by atoms with Crippen LogP contribution in [0.15, 0.2) is 53.0 Å². The predicted octanol–water partition coefficient (Wildman–Crippen LogP) is 3.31. The highest BCUT2D eigenvalue weighted by Gasteiger charge is 2.19. The van der Waals surface area contributed by atoms with Crippen LogP contribution in [0.5, 0.6) is 0 Å². The Hall–Kier alpha value is -1.72. The SMILES string of the molecule is C[C@@H](NC(=O)c1cc(F)ccc1Br)[C@H](O)Cc1ccccc1. The monoisotopic (exact) mass is 365 g/mol. The van der Waals surface area contributed by atoms with Crippen molar-refractivity contribution >= 4 is 21.8 Å². The Kier molecular flexibility index (Phi) is 5.69. The summed E-state index contributed by atoms with van der Waals surface area (Å²) in [4.78, 5) is 12.2. The molecule has 0 unspecified atom stereocenters. The Morgan fingerprint density at radius 2 is 1.95 bits per heavy atom. The maximum absolute atomic E-state index is 13.2. The summed E-state index contributed by atoms with van der Waals surface area (Å²) >= 11 is 3.22. The quantitative estimate of drug-likeness (QED) is 0.853. The lowest BCUT2D eigenvalue weighted by molar-refractivity contribution is 0.0850. The summed E-state index contributed by atoms with van der Waals surface area (Å²) < 4.78 is 13.8. The Labute approximate surface area is 137 Å². The number of aliphatic hydroxyl groups is 1. The van der Waals surface area contributed by atoms with E-state index >= 15 is 0 Å². The lowest BCUT2D eigenvalue weighted by Crippen LogP contribution is -2.42. The Morgan fingerprint density at radius 1 is 1.27 bits per heavy atom. The molecule has 22 heavy (non-hydrogen) atoms. The molecule has 0 radical (unpaired) electrons. The molecule has 3 nitrogen and oxygen atoms in total. The first-order chi connectivity index (χ1) is 10.5. The van der Waals surface area contributed by atoms with E-state index in [0.717, 1.165) is 11.6 Å². The van der Waals surface area contributed by atoms with Gasteiger partial charge in [-0.3, -0.25) is 4.79 Å². The van der Waals surface area contributed by atoms with E-state index in [0.29, 0.717) is 10.9 Å². The van der Waals surface area contributed by atoms with Crippen LogP contribution in [-0.4, -0.2) is 23.2 Å². The van der Waals surface area contributed by atoms with Crippen LogP contribution >= 0.6 is 15.9 Å². The van der Waals surface area contributed by atoms with Crippen molar-refractivity contribution in [3.8, 4) is 0 Å². The van der Waals surface area contributed by atoms with E-state index in [4.69, 9.17) is 0 Å². The van der Waals surface area contributed by atoms with Gasteiger partial charge in [0.05, 0.1) is 17.7 Å². The summed E-state index contributed by atoms with van der Waals surface area (Å²) in [5, 5.41) is 12.9. The number of amides is 1. The molecule has 0 heterocycles. The molecule has 2 aromatic carbocycles. The Morgan fingerprint density at radius 3 is 2.64 bits per heavy atom. The molecular formula is C17H17BrFNO2. The van der Waals surface area contributed by atoms with Gasteiger partial charge in [-0.05, 0) is 46.6 Å². The van der Waals surface area contributed by atoms with Crippen molar-refractivity contribution in [1.82, 2.24) is 5.32 Å². The molecule has 0 bridgehead atoms. The second-order valence-electron chi connectivity index (χ2n) is 5.14. The van der Waals surface area contributed by atoms with Crippen LogP contribution in [0.25, 0.3) is 0 Å². The van der Waals surface area contributed by atoms with E-state index in [1.165, 1.54) is 12.1 Å². The molecule has 1 amide bonds. The fourth-order valence-electron chi connectivity index (χ4n) is 2.08. The minimum atomic E-state index is -0.723. The molecule has 2 N–H and O–H groups in total. The highest BCUT2D eigenvalue weighted by atomic mass is 79.9. The van der Waals surface area contributed by atoms with Crippen molar-refractivity contribution in [2.75, 3.05) is 0 Å². The number of rotatable bonds is 5. The van der Waals surface area contributed by atoms with Gasteiger partial charge in [-0.2, -0.15) is 0 Å². The number of nitrogens with one attached hydrogen (secondary N) is 1. The van der Waals surface area contributed by atoms with Crippen LogP contribution in [0.1, 0.15) is 22.8 Å². The number of carbonyl (C=O) groups is 1. The van der Waals surface area contributed by atoms with Crippen LogP contribution in [0.4, 0.5) is 4.39 Å². The van der Waals surface area contributed by atoms with Gasteiger partial charge in [0.2, 0.25) is 0 Å². The molecule has 2 atom stereocenters. The summed E-state index contributed by atoms with van der Waals surface area (Å²) in [7, 11) is 0. The third-order valence-electron chi connectivity index (χ3n) is 3.40.